The average Bonchev–Trinajstić information content (AvgIpc) is 2.82. The first-order valence-electron chi connectivity index (χ1n) is 6.81. The van der Waals surface area contributed by atoms with Crippen LogP contribution in [0.1, 0.15) is 22.6 Å². The van der Waals surface area contributed by atoms with Crippen molar-refractivity contribution in [1.82, 2.24) is 15.8 Å². The molecule has 0 spiro atoms. The Kier molecular flexibility index (Phi) is 7.40. The van der Waals surface area contributed by atoms with Gasteiger partial charge in [-0.3, -0.25) is 4.99 Å². The zero-order valence-corrected chi connectivity index (χ0v) is 15.4. The monoisotopic (exact) mass is 436 g/mol. The van der Waals surface area contributed by atoms with Gasteiger partial charge >= 0.3 is 0 Å². The van der Waals surface area contributed by atoms with E-state index in [0.717, 1.165) is 35.2 Å². The zero-order valence-electron chi connectivity index (χ0n) is 13.1. The topological polar surface area (TPSA) is 62.5 Å². The Bertz CT molecular complexity index is 669. The molecule has 0 radical (unpaired) electrons. The summed E-state index contributed by atoms with van der Waals surface area (Å²) in [5.74, 6) is 0.271. The lowest BCUT2D eigenvalue weighted by Crippen LogP contribution is -2.36. The first kappa shape index (κ1) is 19.3. The van der Waals surface area contributed by atoms with E-state index in [4.69, 9.17) is 4.52 Å². The highest BCUT2D eigenvalue weighted by atomic mass is 127. The van der Waals surface area contributed by atoms with E-state index in [-0.39, 0.29) is 36.1 Å². The molecule has 23 heavy (non-hydrogen) atoms. The summed E-state index contributed by atoms with van der Waals surface area (Å²) in [5.41, 5.74) is 1.98. The Morgan fingerprint density at radius 3 is 2.52 bits per heavy atom. The van der Waals surface area contributed by atoms with Gasteiger partial charge in [-0.05, 0) is 32.0 Å². The molecule has 8 heteroatoms. The van der Waals surface area contributed by atoms with Crippen LogP contribution in [-0.4, -0.2) is 18.2 Å². The van der Waals surface area contributed by atoms with Crippen molar-refractivity contribution in [3.63, 3.8) is 0 Å². The second-order valence-electron chi connectivity index (χ2n) is 4.82. The molecule has 126 valence electrons. The van der Waals surface area contributed by atoms with Crippen molar-refractivity contribution in [1.29, 1.82) is 0 Å². The number of hydrogen-bond donors (Lipinski definition) is 2. The molecule has 0 fully saturated rings. The number of aryl methyl sites for hydroxylation is 2. The lowest BCUT2D eigenvalue weighted by molar-refractivity contribution is 0.392. The highest BCUT2D eigenvalue weighted by Gasteiger charge is 2.10. The van der Waals surface area contributed by atoms with Crippen LogP contribution in [0.3, 0.4) is 0 Å². The molecule has 1 heterocycles. The molecular formula is C15H19F2IN4O. The number of nitrogens with one attached hydrogen (secondary N) is 2. The number of benzene rings is 1. The second kappa shape index (κ2) is 8.80. The fourth-order valence-corrected chi connectivity index (χ4v) is 2.00. The van der Waals surface area contributed by atoms with Gasteiger partial charge in [-0.2, -0.15) is 0 Å². The second-order valence-corrected chi connectivity index (χ2v) is 4.82. The van der Waals surface area contributed by atoms with Crippen LogP contribution in [-0.2, 0) is 13.1 Å². The highest BCUT2D eigenvalue weighted by Crippen LogP contribution is 2.11. The standard InChI is InChI=1S/C15H18F2N4O.HI/c1-9-13(10(2)22-21-9)8-20-15(18-3)19-7-11-6-12(16)4-5-14(11)17;/h4-6H,7-8H2,1-3H3,(H2,18,19,20);1H. The van der Waals surface area contributed by atoms with Crippen LogP contribution in [0.25, 0.3) is 0 Å². The van der Waals surface area contributed by atoms with E-state index in [1.165, 1.54) is 0 Å². The van der Waals surface area contributed by atoms with Crippen molar-refractivity contribution in [2.24, 2.45) is 4.99 Å². The molecule has 0 aliphatic rings. The summed E-state index contributed by atoms with van der Waals surface area (Å²) >= 11 is 0. The lowest BCUT2D eigenvalue weighted by Gasteiger charge is -2.12. The van der Waals surface area contributed by atoms with E-state index >= 15 is 0 Å². The van der Waals surface area contributed by atoms with Gasteiger partial charge in [-0.25, -0.2) is 8.78 Å². The molecular weight excluding hydrogens is 417 g/mol. The molecule has 0 aliphatic carbocycles. The quantitative estimate of drug-likeness (QED) is 0.440. The number of rotatable bonds is 4. The van der Waals surface area contributed by atoms with Crippen LogP contribution in [0.15, 0.2) is 27.7 Å². The van der Waals surface area contributed by atoms with Crippen LogP contribution in [0, 0.1) is 25.5 Å². The molecule has 0 unspecified atom stereocenters. The summed E-state index contributed by atoms with van der Waals surface area (Å²) in [6.45, 7) is 4.29. The van der Waals surface area contributed by atoms with E-state index < -0.39 is 11.6 Å². The third kappa shape index (κ3) is 5.15. The molecule has 0 saturated heterocycles. The maximum absolute atomic E-state index is 13.6. The Hall–Kier alpha value is -1.71. The van der Waals surface area contributed by atoms with Crippen LogP contribution >= 0.6 is 24.0 Å². The molecule has 2 N–H and O–H groups in total. The molecule has 0 atom stereocenters. The minimum atomic E-state index is -0.475. The highest BCUT2D eigenvalue weighted by molar-refractivity contribution is 14.0. The van der Waals surface area contributed by atoms with Gasteiger partial charge in [0.15, 0.2) is 5.96 Å². The number of hydrogen-bond acceptors (Lipinski definition) is 3. The molecule has 1 aromatic heterocycles. The number of aliphatic imine (C=N–C) groups is 1. The maximum Gasteiger partial charge on any atom is 0.191 e. The van der Waals surface area contributed by atoms with Crippen molar-refractivity contribution in [2.75, 3.05) is 7.05 Å². The summed E-state index contributed by atoms with van der Waals surface area (Å²) in [6.07, 6.45) is 0. The molecule has 2 aromatic rings. The fraction of sp³-hybridized carbons (Fsp3) is 0.333. The summed E-state index contributed by atoms with van der Waals surface area (Å²) in [7, 11) is 1.60. The fourth-order valence-electron chi connectivity index (χ4n) is 2.00. The van der Waals surface area contributed by atoms with Crippen molar-refractivity contribution in [3.8, 4) is 0 Å². The predicted octanol–water partition coefficient (Wildman–Crippen LogP) is 3.05. The molecule has 0 bridgehead atoms. The normalized spacial score (nSPS) is 11.1. The zero-order chi connectivity index (χ0) is 16.1. The van der Waals surface area contributed by atoms with Crippen molar-refractivity contribution >= 4 is 29.9 Å². The van der Waals surface area contributed by atoms with Gasteiger partial charge in [-0.15, -0.1) is 24.0 Å². The van der Waals surface area contributed by atoms with Gasteiger partial charge in [0.25, 0.3) is 0 Å². The maximum atomic E-state index is 13.6. The molecule has 5 nitrogen and oxygen atoms in total. The van der Waals surface area contributed by atoms with E-state index in [2.05, 4.69) is 20.8 Å². The van der Waals surface area contributed by atoms with Crippen LogP contribution in [0.4, 0.5) is 8.78 Å². The van der Waals surface area contributed by atoms with E-state index in [0.29, 0.717) is 12.5 Å². The predicted molar refractivity (Wildman–Crippen MR) is 94.8 cm³/mol. The van der Waals surface area contributed by atoms with Crippen molar-refractivity contribution in [3.05, 3.63) is 52.4 Å². The Balaban J connectivity index is 0.00000264. The minimum Gasteiger partial charge on any atom is -0.361 e. The van der Waals surface area contributed by atoms with Crippen LogP contribution in [0.2, 0.25) is 0 Å². The third-order valence-corrected chi connectivity index (χ3v) is 3.29. The molecule has 0 amide bonds. The van der Waals surface area contributed by atoms with Gasteiger partial charge in [0.1, 0.15) is 17.4 Å². The lowest BCUT2D eigenvalue weighted by atomic mass is 10.2. The largest absolute Gasteiger partial charge is 0.361 e. The third-order valence-electron chi connectivity index (χ3n) is 3.29. The van der Waals surface area contributed by atoms with Gasteiger partial charge in [0.2, 0.25) is 0 Å². The molecule has 0 aliphatic heterocycles. The Morgan fingerprint density at radius 1 is 1.22 bits per heavy atom. The van der Waals surface area contributed by atoms with Gasteiger partial charge < -0.3 is 15.2 Å². The smallest absolute Gasteiger partial charge is 0.191 e. The molecule has 2 rings (SSSR count). The number of nitrogens with zero attached hydrogens (tertiary/aromatic N) is 2. The first-order chi connectivity index (χ1) is 10.5. The number of guanidine groups is 1. The van der Waals surface area contributed by atoms with E-state index in [9.17, 15) is 8.78 Å². The SMILES string of the molecule is CN=C(NCc1cc(F)ccc1F)NCc1c(C)noc1C.I. The Morgan fingerprint density at radius 2 is 1.91 bits per heavy atom. The van der Waals surface area contributed by atoms with Crippen LogP contribution in [0.5, 0.6) is 0 Å². The van der Waals surface area contributed by atoms with Gasteiger partial charge in [-0.1, -0.05) is 5.16 Å². The average molecular weight is 436 g/mol. The van der Waals surface area contributed by atoms with Crippen molar-refractivity contribution < 1.29 is 13.3 Å². The molecule has 0 saturated carbocycles. The summed E-state index contributed by atoms with van der Waals surface area (Å²) < 4.78 is 31.7. The van der Waals surface area contributed by atoms with E-state index in [1.54, 1.807) is 7.05 Å². The first-order valence-corrected chi connectivity index (χ1v) is 6.81. The number of aromatic nitrogens is 1. The van der Waals surface area contributed by atoms with Gasteiger partial charge in [0, 0.05) is 31.3 Å². The summed E-state index contributed by atoms with van der Waals surface area (Å²) in [5, 5.41) is 9.89. The minimum absolute atomic E-state index is 0. The summed E-state index contributed by atoms with van der Waals surface area (Å²) in [6, 6.07) is 3.35. The van der Waals surface area contributed by atoms with Gasteiger partial charge in [0.05, 0.1) is 5.69 Å². The number of halogens is 3. The summed E-state index contributed by atoms with van der Waals surface area (Å²) in [4.78, 5) is 4.04. The Labute approximate surface area is 150 Å². The van der Waals surface area contributed by atoms with E-state index in [1.807, 2.05) is 13.8 Å². The van der Waals surface area contributed by atoms with Crippen LogP contribution < -0.4 is 10.6 Å². The molecule has 1 aromatic carbocycles. The van der Waals surface area contributed by atoms with Crippen molar-refractivity contribution in [2.45, 2.75) is 26.9 Å².